The Morgan fingerprint density at radius 3 is 2.69 bits per heavy atom. The molecule has 0 fully saturated rings. The molecule has 1 amide bonds. The second kappa shape index (κ2) is 2.85. The van der Waals surface area contributed by atoms with Crippen molar-refractivity contribution in [1.82, 2.24) is 5.06 Å². The number of carbonyl (C=O) groups is 1. The molecule has 13 heavy (non-hydrogen) atoms. The molecule has 1 aliphatic heterocycles. The van der Waals surface area contributed by atoms with Crippen molar-refractivity contribution in [2.24, 2.45) is 0 Å². The number of hydroxylamine groups is 2. The molecule has 2 rings (SSSR count). The van der Waals surface area contributed by atoms with Crippen LogP contribution >= 0.6 is 0 Å². The van der Waals surface area contributed by atoms with Crippen LogP contribution in [0.3, 0.4) is 0 Å². The number of nitrogens with zero attached hydrogens (tertiary/aromatic N) is 1. The van der Waals surface area contributed by atoms with E-state index >= 15 is 0 Å². The van der Waals surface area contributed by atoms with Gasteiger partial charge in [0.1, 0.15) is 0 Å². The Morgan fingerprint density at radius 1 is 1.38 bits per heavy atom. The van der Waals surface area contributed by atoms with Crippen LogP contribution in [-0.4, -0.2) is 18.1 Å². The number of rotatable bonds is 1. The first-order valence-corrected chi connectivity index (χ1v) is 4.22. The number of amides is 1. The molecule has 0 N–H and O–H groups in total. The van der Waals surface area contributed by atoms with Crippen LogP contribution in [0, 0.1) is 0 Å². The fraction of sp³-hybridized carbons (Fsp3) is 0.300. The fourth-order valence-corrected chi connectivity index (χ4v) is 1.72. The van der Waals surface area contributed by atoms with Gasteiger partial charge in [-0.25, -0.2) is 5.06 Å². The molecule has 1 unspecified atom stereocenters. The van der Waals surface area contributed by atoms with Gasteiger partial charge in [0.25, 0.3) is 5.91 Å². The Balaban J connectivity index is 2.50. The van der Waals surface area contributed by atoms with Gasteiger partial charge in [0.15, 0.2) is 0 Å². The quantitative estimate of drug-likeness (QED) is 0.654. The molecule has 68 valence electrons. The molecular weight excluding hydrogens is 166 g/mol. The first-order valence-electron chi connectivity index (χ1n) is 4.22. The summed E-state index contributed by atoms with van der Waals surface area (Å²) in [6.45, 7) is 1.95. The third kappa shape index (κ3) is 1.04. The van der Waals surface area contributed by atoms with Crippen LogP contribution in [0.4, 0.5) is 0 Å². The monoisotopic (exact) mass is 177 g/mol. The van der Waals surface area contributed by atoms with Gasteiger partial charge in [-0.1, -0.05) is 18.2 Å². The summed E-state index contributed by atoms with van der Waals surface area (Å²) >= 11 is 0. The van der Waals surface area contributed by atoms with E-state index in [1.54, 1.807) is 0 Å². The Labute approximate surface area is 76.9 Å². The zero-order valence-corrected chi connectivity index (χ0v) is 7.65. The molecule has 0 bridgehead atoms. The summed E-state index contributed by atoms with van der Waals surface area (Å²) in [4.78, 5) is 16.6. The molecule has 3 heteroatoms. The summed E-state index contributed by atoms with van der Waals surface area (Å²) in [5.74, 6) is -0.0504. The van der Waals surface area contributed by atoms with E-state index in [1.165, 1.54) is 12.2 Å². The topological polar surface area (TPSA) is 29.5 Å². The van der Waals surface area contributed by atoms with Gasteiger partial charge in [-0.2, -0.15) is 0 Å². The predicted octanol–water partition coefficient (Wildman–Crippen LogP) is 1.76. The highest BCUT2D eigenvalue weighted by molar-refractivity contribution is 5.98. The van der Waals surface area contributed by atoms with E-state index in [2.05, 4.69) is 0 Å². The van der Waals surface area contributed by atoms with Gasteiger partial charge in [0, 0.05) is 5.56 Å². The number of carbonyl (C=O) groups excluding carboxylic acids is 1. The summed E-state index contributed by atoms with van der Waals surface area (Å²) in [6, 6.07) is 7.60. The zero-order chi connectivity index (χ0) is 9.42. The molecular formula is C10H11NO2. The van der Waals surface area contributed by atoms with Crippen LogP contribution in [0.15, 0.2) is 24.3 Å². The summed E-state index contributed by atoms with van der Waals surface area (Å²) in [7, 11) is 1.51. The zero-order valence-electron chi connectivity index (χ0n) is 7.65. The van der Waals surface area contributed by atoms with E-state index in [9.17, 15) is 4.79 Å². The minimum absolute atomic E-state index is 0.0219. The first-order chi connectivity index (χ1) is 6.25. The maximum Gasteiger partial charge on any atom is 0.278 e. The molecule has 0 radical (unpaired) electrons. The molecule has 1 heterocycles. The number of fused-ring (bicyclic) bond motifs is 1. The van der Waals surface area contributed by atoms with Crippen molar-refractivity contribution in [3.05, 3.63) is 35.4 Å². The Hall–Kier alpha value is -1.35. The third-order valence-electron chi connectivity index (χ3n) is 2.39. The number of hydrogen-bond acceptors (Lipinski definition) is 2. The van der Waals surface area contributed by atoms with Crippen molar-refractivity contribution in [2.45, 2.75) is 13.0 Å². The van der Waals surface area contributed by atoms with E-state index in [4.69, 9.17) is 4.84 Å². The molecule has 0 aromatic heterocycles. The van der Waals surface area contributed by atoms with Crippen molar-refractivity contribution >= 4 is 5.91 Å². The van der Waals surface area contributed by atoms with Gasteiger partial charge in [0.2, 0.25) is 0 Å². The van der Waals surface area contributed by atoms with Crippen molar-refractivity contribution < 1.29 is 9.63 Å². The lowest BCUT2D eigenvalue weighted by Crippen LogP contribution is -2.25. The summed E-state index contributed by atoms with van der Waals surface area (Å²) in [5, 5.41) is 1.39. The highest BCUT2D eigenvalue weighted by Crippen LogP contribution is 2.32. The SMILES string of the molecule is CON1C(=O)c2ccccc2C1C. The van der Waals surface area contributed by atoms with Crippen LogP contribution in [0.1, 0.15) is 28.9 Å². The minimum Gasteiger partial charge on any atom is -0.273 e. The van der Waals surface area contributed by atoms with Crippen molar-refractivity contribution in [1.29, 1.82) is 0 Å². The van der Waals surface area contributed by atoms with Gasteiger partial charge < -0.3 is 0 Å². The lowest BCUT2D eigenvalue weighted by Gasteiger charge is -2.17. The van der Waals surface area contributed by atoms with Gasteiger partial charge in [-0.15, -0.1) is 0 Å². The van der Waals surface area contributed by atoms with Gasteiger partial charge >= 0.3 is 0 Å². The average molecular weight is 177 g/mol. The highest BCUT2D eigenvalue weighted by Gasteiger charge is 2.33. The summed E-state index contributed by atoms with van der Waals surface area (Å²) in [5.41, 5.74) is 1.78. The van der Waals surface area contributed by atoms with Gasteiger partial charge in [-0.3, -0.25) is 9.63 Å². The number of benzene rings is 1. The average Bonchev–Trinajstić information content (AvgIpc) is 2.41. The Kier molecular flexibility index (Phi) is 1.81. The Bertz CT molecular complexity index is 349. The minimum atomic E-state index is -0.0504. The van der Waals surface area contributed by atoms with E-state index in [0.29, 0.717) is 0 Å². The molecule has 0 aliphatic carbocycles. The van der Waals surface area contributed by atoms with Crippen LogP contribution in [0.2, 0.25) is 0 Å². The molecule has 0 saturated carbocycles. The largest absolute Gasteiger partial charge is 0.278 e. The summed E-state index contributed by atoms with van der Waals surface area (Å²) < 4.78 is 0. The van der Waals surface area contributed by atoms with E-state index < -0.39 is 0 Å². The van der Waals surface area contributed by atoms with Gasteiger partial charge in [-0.05, 0) is 18.6 Å². The standard InChI is InChI=1S/C10H11NO2/c1-7-8-5-3-4-6-9(8)10(12)11(7)13-2/h3-7H,1-2H3. The maximum atomic E-state index is 11.6. The van der Waals surface area contributed by atoms with Crippen LogP contribution < -0.4 is 0 Å². The fourth-order valence-electron chi connectivity index (χ4n) is 1.72. The lowest BCUT2D eigenvalue weighted by atomic mass is 10.1. The molecule has 0 saturated heterocycles. The first kappa shape index (κ1) is 8.26. The predicted molar refractivity (Wildman–Crippen MR) is 48.0 cm³/mol. The second-order valence-electron chi connectivity index (χ2n) is 3.08. The van der Waals surface area contributed by atoms with Crippen LogP contribution in [0.5, 0.6) is 0 Å². The van der Waals surface area contributed by atoms with Gasteiger partial charge in [0.05, 0.1) is 13.2 Å². The lowest BCUT2D eigenvalue weighted by molar-refractivity contribution is -0.114. The molecule has 1 aromatic rings. The Morgan fingerprint density at radius 2 is 2.08 bits per heavy atom. The van der Waals surface area contributed by atoms with Crippen molar-refractivity contribution in [3.8, 4) is 0 Å². The van der Waals surface area contributed by atoms with E-state index in [1.807, 2.05) is 31.2 Å². The normalized spacial score (nSPS) is 20.6. The highest BCUT2D eigenvalue weighted by atomic mass is 16.7. The summed E-state index contributed by atoms with van der Waals surface area (Å²) in [6.07, 6.45) is 0. The third-order valence-corrected chi connectivity index (χ3v) is 2.39. The molecule has 1 aliphatic rings. The van der Waals surface area contributed by atoms with Crippen molar-refractivity contribution in [2.75, 3.05) is 7.11 Å². The molecule has 0 spiro atoms. The van der Waals surface area contributed by atoms with Crippen LogP contribution in [-0.2, 0) is 4.84 Å². The second-order valence-corrected chi connectivity index (χ2v) is 3.08. The van der Waals surface area contributed by atoms with E-state index in [0.717, 1.165) is 11.1 Å². The molecule has 3 nitrogen and oxygen atoms in total. The van der Waals surface area contributed by atoms with Crippen molar-refractivity contribution in [3.63, 3.8) is 0 Å². The smallest absolute Gasteiger partial charge is 0.273 e. The molecule has 1 atom stereocenters. The van der Waals surface area contributed by atoms with E-state index in [-0.39, 0.29) is 11.9 Å². The maximum absolute atomic E-state index is 11.6. The number of hydrogen-bond donors (Lipinski definition) is 0. The molecule has 1 aromatic carbocycles. The van der Waals surface area contributed by atoms with Crippen LogP contribution in [0.25, 0.3) is 0 Å².